The summed E-state index contributed by atoms with van der Waals surface area (Å²) in [6.45, 7) is 2.19. The highest BCUT2D eigenvalue weighted by Gasteiger charge is 2.20. The van der Waals surface area contributed by atoms with Crippen LogP contribution in [0.25, 0.3) is 0 Å². The van der Waals surface area contributed by atoms with Crippen molar-refractivity contribution >= 4 is 18.3 Å². The number of furan rings is 1. The molecule has 3 rings (SSSR count). The molecule has 0 saturated carbocycles. The van der Waals surface area contributed by atoms with Crippen LogP contribution in [-0.4, -0.2) is 25.0 Å². The summed E-state index contributed by atoms with van der Waals surface area (Å²) in [5.74, 6) is 0.950. The number of carbonyl (C=O) groups is 1. The number of ether oxygens (including phenoxy) is 1. The molecule has 2 aromatic rings. The molecule has 1 fully saturated rings. The summed E-state index contributed by atoms with van der Waals surface area (Å²) in [5, 5.41) is 6.31. The average Bonchev–Trinajstić information content (AvgIpc) is 3.03. The first-order valence-electron chi connectivity index (χ1n) is 7.59. The molecule has 124 valence electrons. The van der Waals surface area contributed by atoms with E-state index in [1.165, 1.54) is 6.26 Å². The highest BCUT2D eigenvalue weighted by molar-refractivity contribution is 5.93. The van der Waals surface area contributed by atoms with Gasteiger partial charge in [-0.3, -0.25) is 4.79 Å². The number of piperidine rings is 1. The molecular formula is C17H21ClN2O3. The van der Waals surface area contributed by atoms with Crippen LogP contribution < -0.4 is 15.4 Å². The molecule has 23 heavy (non-hydrogen) atoms. The third kappa shape index (κ3) is 4.74. The van der Waals surface area contributed by atoms with Gasteiger partial charge in [0.05, 0.1) is 6.26 Å². The Kier molecular flexibility index (Phi) is 6.50. The predicted octanol–water partition coefficient (Wildman–Crippen LogP) is 2.76. The van der Waals surface area contributed by atoms with Crippen molar-refractivity contribution in [1.82, 2.24) is 10.6 Å². The zero-order valence-corrected chi connectivity index (χ0v) is 13.6. The van der Waals surface area contributed by atoms with E-state index in [9.17, 15) is 4.79 Å². The van der Waals surface area contributed by atoms with Crippen molar-refractivity contribution in [3.05, 3.63) is 54.0 Å². The fraction of sp³-hybridized carbons (Fsp3) is 0.353. The largest absolute Gasteiger partial charge is 0.489 e. The van der Waals surface area contributed by atoms with Gasteiger partial charge in [-0.2, -0.15) is 0 Å². The van der Waals surface area contributed by atoms with E-state index in [0.717, 1.165) is 37.2 Å². The van der Waals surface area contributed by atoms with Gasteiger partial charge in [-0.1, -0.05) is 18.2 Å². The van der Waals surface area contributed by atoms with Gasteiger partial charge >= 0.3 is 0 Å². The Morgan fingerprint density at radius 3 is 2.70 bits per heavy atom. The Morgan fingerprint density at radius 1 is 1.22 bits per heavy atom. The normalized spacial score (nSPS) is 14.8. The molecule has 6 heteroatoms. The van der Waals surface area contributed by atoms with Crippen LogP contribution in [0.4, 0.5) is 0 Å². The Labute approximate surface area is 141 Å². The summed E-state index contributed by atoms with van der Waals surface area (Å²) < 4.78 is 11.0. The van der Waals surface area contributed by atoms with Crippen molar-refractivity contribution in [1.29, 1.82) is 0 Å². The average molecular weight is 337 g/mol. The van der Waals surface area contributed by atoms with Crippen molar-refractivity contribution in [2.45, 2.75) is 25.5 Å². The molecule has 0 unspecified atom stereocenters. The van der Waals surface area contributed by atoms with Gasteiger partial charge in [-0.15, -0.1) is 12.4 Å². The lowest BCUT2D eigenvalue weighted by Gasteiger charge is -2.23. The molecule has 1 saturated heterocycles. The number of halogens is 1. The molecule has 0 spiro atoms. The highest BCUT2D eigenvalue weighted by Crippen LogP contribution is 2.16. The van der Waals surface area contributed by atoms with E-state index in [-0.39, 0.29) is 24.4 Å². The first kappa shape index (κ1) is 17.4. The lowest BCUT2D eigenvalue weighted by atomic mass is 10.1. The molecule has 2 N–H and O–H groups in total. The number of para-hydroxylation sites is 1. The van der Waals surface area contributed by atoms with E-state index in [0.29, 0.717) is 12.4 Å². The van der Waals surface area contributed by atoms with Gasteiger partial charge in [0.1, 0.15) is 12.4 Å². The van der Waals surface area contributed by atoms with Gasteiger partial charge in [-0.05, 0) is 44.1 Å². The number of carbonyl (C=O) groups excluding carboxylic acids is 1. The topological polar surface area (TPSA) is 63.5 Å². The molecule has 5 nitrogen and oxygen atoms in total. The third-order valence-electron chi connectivity index (χ3n) is 3.76. The summed E-state index contributed by atoms with van der Waals surface area (Å²) in [6, 6.07) is 11.5. The summed E-state index contributed by atoms with van der Waals surface area (Å²) >= 11 is 0. The molecule has 0 radical (unpaired) electrons. The monoisotopic (exact) mass is 336 g/mol. The number of hydrogen-bond donors (Lipinski definition) is 2. The van der Waals surface area contributed by atoms with Crippen LogP contribution in [0.1, 0.15) is 29.0 Å². The Hall–Kier alpha value is -1.98. The number of rotatable bonds is 5. The minimum absolute atomic E-state index is 0. The van der Waals surface area contributed by atoms with E-state index in [1.807, 2.05) is 30.3 Å². The van der Waals surface area contributed by atoms with Crippen LogP contribution >= 0.6 is 12.4 Å². The molecular weight excluding hydrogens is 316 g/mol. The molecule has 0 aliphatic carbocycles. The Balaban J connectivity index is 0.00000192. The zero-order valence-electron chi connectivity index (χ0n) is 12.8. The summed E-state index contributed by atoms with van der Waals surface area (Å²) in [4.78, 5) is 12.3. The molecule has 1 aliphatic heterocycles. The second-order valence-electron chi connectivity index (χ2n) is 5.37. The SMILES string of the molecule is Cl.O=C(NC1CCNCC1)c1occc1COc1ccccc1. The number of nitrogens with one attached hydrogen (secondary N) is 2. The standard InChI is InChI=1S/C17H20N2O3.ClH/c20-17(19-14-6-9-18-10-7-14)16-13(8-11-21-16)12-22-15-4-2-1-3-5-15;/h1-5,8,11,14,18H,6-7,9-10,12H2,(H,19,20);1H. The second kappa shape index (κ2) is 8.60. The van der Waals surface area contributed by atoms with Crippen LogP contribution in [0, 0.1) is 0 Å². The quantitative estimate of drug-likeness (QED) is 0.881. The third-order valence-corrected chi connectivity index (χ3v) is 3.76. The molecule has 1 aromatic carbocycles. The van der Waals surface area contributed by atoms with Crippen molar-refractivity contribution in [2.24, 2.45) is 0 Å². The van der Waals surface area contributed by atoms with Crippen LogP contribution in [0.2, 0.25) is 0 Å². The molecule has 1 amide bonds. The maximum atomic E-state index is 12.3. The first-order valence-corrected chi connectivity index (χ1v) is 7.59. The maximum Gasteiger partial charge on any atom is 0.287 e. The summed E-state index contributed by atoms with van der Waals surface area (Å²) in [6.07, 6.45) is 3.42. The van der Waals surface area contributed by atoms with E-state index >= 15 is 0 Å². The van der Waals surface area contributed by atoms with E-state index in [2.05, 4.69) is 10.6 Å². The molecule has 0 bridgehead atoms. The summed E-state index contributed by atoms with van der Waals surface area (Å²) in [5.41, 5.74) is 0.760. The highest BCUT2D eigenvalue weighted by atomic mass is 35.5. The molecule has 1 aliphatic rings. The van der Waals surface area contributed by atoms with E-state index < -0.39 is 0 Å². The van der Waals surface area contributed by atoms with Crippen molar-refractivity contribution in [2.75, 3.05) is 13.1 Å². The number of amides is 1. The fourth-order valence-electron chi connectivity index (χ4n) is 2.54. The Morgan fingerprint density at radius 2 is 1.96 bits per heavy atom. The fourth-order valence-corrected chi connectivity index (χ4v) is 2.54. The van der Waals surface area contributed by atoms with Gasteiger partial charge < -0.3 is 19.8 Å². The lowest BCUT2D eigenvalue weighted by molar-refractivity contribution is 0.0898. The number of benzene rings is 1. The van der Waals surface area contributed by atoms with Crippen LogP contribution in [0.15, 0.2) is 47.1 Å². The van der Waals surface area contributed by atoms with Crippen molar-refractivity contribution in [3.63, 3.8) is 0 Å². The van der Waals surface area contributed by atoms with Crippen LogP contribution in [0.5, 0.6) is 5.75 Å². The molecule has 2 heterocycles. The zero-order chi connectivity index (χ0) is 15.2. The van der Waals surface area contributed by atoms with Gasteiger partial charge in [0.15, 0.2) is 5.76 Å². The second-order valence-corrected chi connectivity index (χ2v) is 5.37. The Bertz CT molecular complexity index is 609. The van der Waals surface area contributed by atoms with Gasteiger partial charge in [-0.25, -0.2) is 0 Å². The van der Waals surface area contributed by atoms with Crippen LogP contribution in [-0.2, 0) is 6.61 Å². The minimum Gasteiger partial charge on any atom is -0.489 e. The van der Waals surface area contributed by atoms with Gasteiger partial charge in [0, 0.05) is 11.6 Å². The molecule has 0 atom stereocenters. The maximum absolute atomic E-state index is 12.3. The van der Waals surface area contributed by atoms with Crippen molar-refractivity contribution < 1.29 is 13.9 Å². The minimum atomic E-state index is -0.163. The predicted molar refractivity (Wildman–Crippen MR) is 90.1 cm³/mol. The lowest BCUT2D eigenvalue weighted by Crippen LogP contribution is -2.42. The summed E-state index contributed by atoms with van der Waals surface area (Å²) in [7, 11) is 0. The smallest absolute Gasteiger partial charge is 0.287 e. The number of hydrogen-bond acceptors (Lipinski definition) is 4. The van der Waals surface area contributed by atoms with E-state index in [4.69, 9.17) is 9.15 Å². The van der Waals surface area contributed by atoms with Crippen LogP contribution in [0.3, 0.4) is 0 Å². The van der Waals surface area contributed by atoms with Crippen molar-refractivity contribution in [3.8, 4) is 5.75 Å². The first-order chi connectivity index (χ1) is 10.8. The van der Waals surface area contributed by atoms with E-state index in [1.54, 1.807) is 6.07 Å². The van der Waals surface area contributed by atoms with Gasteiger partial charge in [0.25, 0.3) is 5.91 Å². The van der Waals surface area contributed by atoms with Gasteiger partial charge in [0.2, 0.25) is 0 Å². The molecule has 1 aromatic heterocycles.